The first kappa shape index (κ1) is 22.2. The molecule has 0 aliphatic carbocycles. The van der Waals surface area contributed by atoms with Crippen LogP contribution in [0.2, 0.25) is 0 Å². The molecule has 0 saturated heterocycles. The Hall–Kier alpha value is -0.830. The third-order valence-electron chi connectivity index (χ3n) is 4.13. The Balaban J connectivity index is 3.71. The summed E-state index contributed by atoms with van der Waals surface area (Å²) in [5, 5.41) is 3.01. The van der Waals surface area contributed by atoms with Crippen LogP contribution in [0.5, 0.6) is 0 Å². The third kappa shape index (κ3) is 15.8. The summed E-state index contributed by atoms with van der Waals surface area (Å²) in [5.74, 6) is 0.0597. The SMILES string of the molecule is CCCCCCCC=CC(=O)NCCN(CCCC)CCCC. The lowest BCUT2D eigenvalue weighted by molar-refractivity contribution is -0.116. The third-order valence-corrected chi connectivity index (χ3v) is 4.13. The molecule has 136 valence electrons. The molecule has 0 unspecified atom stereocenters. The van der Waals surface area contributed by atoms with E-state index in [1.165, 1.54) is 57.8 Å². The first-order chi connectivity index (χ1) is 11.2. The van der Waals surface area contributed by atoms with Crippen molar-refractivity contribution in [2.24, 2.45) is 0 Å². The number of amides is 1. The Bertz CT molecular complexity index is 281. The minimum atomic E-state index is 0.0597. The molecular weight excluding hydrogens is 284 g/mol. The second-order valence-electron chi connectivity index (χ2n) is 6.45. The van der Waals surface area contributed by atoms with E-state index in [9.17, 15) is 4.79 Å². The molecule has 0 aromatic heterocycles. The van der Waals surface area contributed by atoms with Crippen molar-refractivity contribution in [2.75, 3.05) is 26.2 Å². The van der Waals surface area contributed by atoms with E-state index in [4.69, 9.17) is 0 Å². The van der Waals surface area contributed by atoms with E-state index in [0.717, 1.165) is 32.6 Å². The highest BCUT2D eigenvalue weighted by molar-refractivity contribution is 5.87. The fourth-order valence-corrected chi connectivity index (χ4v) is 2.55. The van der Waals surface area contributed by atoms with Gasteiger partial charge in [0.15, 0.2) is 0 Å². The van der Waals surface area contributed by atoms with E-state index in [1.807, 2.05) is 6.08 Å². The predicted octanol–water partition coefficient (Wildman–Crippen LogP) is 4.92. The average Bonchev–Trinajstić information content (AvgIpc) is 2.56. The molecule has 3 nitrogen and oxygen atoms in total. The molecule has 0 fully saturated rings. The van der Waals surface area contributed by atoms with Crippen LogP contribution in [0.4, 0.5) is 0 Å². The number of hydrogen-bond acceptors (Lipinski definition) is 2. The minimum Gasteiger partial charge on any atom is -0.351 e. The molecular formula is C20H40N2O. The zero-order valence-corrected chi connectivity index (χ0v) is 15.9. The van der Waals surface area contributed by atoms with Crippen molar-refractivity contribution in [1.29, 1.82) is 0 Å². The Morgan fingerprint density at radius 3 is 2.04 bits per heavy atom. The van der Waals surface area contributed by atoms with E-state index in [-0.39, 0.29) is 5.91 Å². The van der Waals surface area contributed by atoms with Crippen LogP contribution in [-0.4, -0.2) is 37.0 Å². The molecule has 23 heavy (non-hydrogen) atoms. The lowest BCUT2D eigenvalue weighted by atomic mass is 10.1. The highest BCUT2D eigenvalue weighted by Crippen LogP contribution is 2.05. The number of allylic oxidation sites excluding steroid dienone is 1. The smallest absolute Gasteiger partial charge is 0.243 e. The average molecular weight is 325 g/mol. The van der Waals surface area contributed by atoms with Gasteiger partial charge in [0.1, 0.15) is 0 Å². The van der Waals surface area contributed by atoms with Gasteiger partial charge >= 0.3 is 0 Å². The summed E-state index contributed by atoms with van der Waals surface area (Å²) in [6.07, 6.45) is 16.1. The van der Waals surface area contributed by atoms with Gasteiger partial charge in [-0.3, -0.25) is 4.79 Å². The van der Waals surface area contributed by atoms with Gasteiger partial charge in [0.2, 0.25) is 5.91 Å². The van der Waals surface area contributed by atoms with Crippen LogP contribution in [0.1, 0.15) is 85.0 Å². The Labute approximate surface area is 144 Å². The van der Waals surface area contributed by atoms with E-state index < -0.39 is 0 Å². The second-order valence-corrected chi connectivity index (χ2v) is 6.45. The maximum atomic E-state index is 11.8. The number of nitrogens with zero attached hydrogens (tertiary/aromatic N) is 1. The van der Waals surface area contributed by atoms with Crippen LogP contribution in [0, 0.1) is 0 Å². The first-order valence-electron chi connectivity index (χ1n) is 9.91. The van der Waals surface area contributed by atoms with Gasteiger partial charge in [-0.25, -0.2) is 0 Å². The number of hydrogen-bond donors (Lipinski definition) is 1. The van der Waals surface area contributed by atoms with Gasteiger partial charge in [0.05, 0.1) is 0 Å². The second kappa shape index (κ2) is 17.5. The molecule has 0 radical (unpaired) electrons. The molecule has 0 rings (SSSR count). The highest BCUT2D eigenvalue weighted by atomic mass is 16.1. The van der Waals surface area contributed by atoms with Crippen LogP contribution >= 0.6 is 0 Å². The first-order valence-corrected chi connectivity index (χ1v) is 9.91. The van der Waals surface area contributed by atoms with Crippen LogP contribution in [0.15, 0.2) is 12.2 Å². The maximum Gasteiger partial charge on any atom is 0.243 e. The van der Waals surface area contributed by atoms with Gasteiger partial charge in [0, 0.05) is 13.1 Å². The van der Waals surface area contributed by atoms with Gasteiger partial charge in [-0.2, -0.15) is 0 Å². The molecule has 0 heterocycles. The van der Waals surface area contributed by atoms with Gasteiger partial charge in [0.25, 0.3) is 0 Å². The van der Waals surface area contributed by atoms with Crippen LogP contribution < -0.4 is 5.32 Å². The van der Waals surface area contributed by atoms with Gasteiger partial charge in [-0.05, 0) is 44.8 Å². The molecule has 0 saturated carbocycles. The molecule has 0 aliphatic heterocycles. The molecule has 0 aromatic rings. The van der Waals surface area contributed by atoms with Gasteiger partial charge in [-0.15, -0.1) is 0 Å². The molecule has 1 N–H and O–H groups in total. The number of carbonyl (C=O) groups is 1. The summed E-state index contributed by atoms with van der Waals surface area (Å²) >= 11 is 0. The van der Waals surface area contributed by atoms with E-state index in [2.05, 4.69) is 31.0 Å². The van der Waals surface area contributed by atoms with Crippen molar-refractivity contribution in [3.05, 3.63) is 12.2 Å². The van der Waals surface area contributed by atoms with Gasteiger partial charge in [-0.1, -0.05) is 65.4 Å². The normalized spacial score (nSPS) is 11.5. The maximum absolute atomic E-state index is 11.8. The molecule has 0 spiro atoms. The standard InChI is InChI=1S/C20H40N2O/c1-4-7-10-11-12-13-14-15-20(23)21-16-19-22(17-8-5-2)18-9-6-3/h14-15H,4-13,16-19H2,1-3H3,(H,21,23). The van der Waals surface area contributed by atoms with Crippen molar-refractivity contribution in [2.45, 2.75) is 85.0 Å². The van der Waals surface area contributed by atoms with Crippen LogP contribution in [0.3, 0.4) is 0 Å². The quantitative estimate of drug-likeness (QED) is 0.323. The van der Waals surface area contributed by atoms with E-state index in [1.54, 1.807) is 6.08 Å². The van der Waals surface area contributed by atoms with Crippen molar-refractivity contribution in [3.8, 4) is 0 Å². The van der Waals surface area contributed by atoms with Crippen molar-refractivity contribution >= 4 is 5.91 Å². The number of carbonyl (C=O) groups excluding carboxylic acids is 1. The molecule has 1 amide bonds. The summed E-state index contributed by atoms with van der Waals surface area (Å²) < 4.78 is 0. The van der Waals surface area contributed by atoms with E-state index in [0.29, 0.717) is 0 Å². The Morgan fingerprint density at radius 1 is 0.826 bits per heavy atom. The fraction of sp³-hybridized carbons (Fsp3) is 0.850. The minimum absolute atomic E-state index is 0.0597. The monoisotopic (exact) mass is 324 g/mol. The summed E-state index contributed by atoms with van der Waals surface area (Å²) in [7, 11) is 0. The fourth-order valence-electron chi connectivity index (χ4n) is 2.55. The summed E-state index contributed by atoms with van der Waals surface area (Å²) in [6.45, 7) is 10.7. The molecule has 0 bridgehead atoms. The summed E-state index contributed by atoms with van der Waals surface area (Å²) in [4.78, 5) is 14.2. The van der Waals surface area contributed by atoms with E-state index >= 15 is 0 Å². The summed E-state index contributed by atoms with van der Waals surface area (Å²) in [5.41, 5.74) is 0. The Kier molecular flexibility index (Phi) is 16.9. The lowest BCUT2D eigenvalue weighted by Crippen LogP contribution is -2.35. The largest absolute Gasteiger partial charge is 0.351 e. The van der Waals surface area contributed by atoms with Crippen molar-refractivity contribution < 1.29 is 4.79 Å². The zero-order valence-electron chi connectivity index (χ0n) is 15.9. The number of unbranched alkanes of at least 4 members (excludes halogenated alkanes) is 7. The topological polar surface area (TPSA) is 32.3 Å². The van der Waals surface area contributed by atoms with Crippen LogP contribution in [0.25, 0.3) is 0 Å². The molecule has 0 aromatic carbocycles. The number of rotatable bonds is 16. The molecule has 0 aliphatic rings. The predicted molar refractivity (Wildman–Crippen MR) is 102 cm³/mol. The van der Waals surface area contributed by atoms with Crippen molar-refractivity contribution in [1.82, 2.24) is 10.2 Å². The molecule has 3 heteroatoms. The lowest BCUT2D eigenvalue weighted by Gasteiger charge is -2.21. The van der Waals surface area contributed by atoms with Gasteiger partial charge < -0.3 is 10.2 Å². The zero-order chi connectivity index (χ0) is 17.2. The Morgan fingerprint density at radius 2 is 1.43 bits per heavy atom. The summed E-state index contributed by atoms with van der Waals surface area (Å²) in [6, 6.07) is 0. The van der Waals surface area contributed by atoms with Crippen LogP contribution in [-0.2, 0) is 4.79 Å². The number of nitrogens with one attached hydrogen (secondary N) is 1. The van der Waals surface area contributed by atoms with Crippen molar-refractivity contribution in [3.63, 3.8) is 0 Å². The molecule has 0 atom stereocenters. The highest BCUT2D eigenvalue weighted by Gasteiger charge is 2.04.